The summed E-state index contributed by atoms with van der Waals surface area (Å²) in [7, 11) is 0. The summed E-state index contributed by atoms with van der Waals surface area (Å²) in [5.41, 5.74) is 0. The van der Waals surface area contributed by atoms with E-state index in [1.807, 2.05) is 11.3 Å². The van der Waals surface area contributed by atoms with E-state index in [-0.39, 0.29) is 0 Å². The third kappa shape index (κ3) is 3.02. The monoisotopic (exact) mass is 255 g/mol. The van der Waals surface area contributed by atoms with Crippen molar-refractivity contribution in [1.82, 2.24) is 5.32 Å². The van der Waals surface area contributed by atoms with Crippen LogP contribution in [-0.4, -0.2) is 24.1 Å². The lowest BCUT2D eigenvalue weighted by atomic mass is 9.99. The third-order valence-corrected chi connectivity index (χ3v) is 5.70. The maximum atomic E-state index is 3.62. The van der Waals surface area contributed by atoms with Crippen LogP contribution in [0.5, 0.6) is 0 Å². The Kier molecular flexibility index (Phi) is 4.74. The van der Waals surface area contributed by atoms with Gasteiger partial charge in [0.15, 0.2) is 0 Å². The highest BCUT2D eigenvalue weighted by Gasteiger charge is 2.27. The van der Waals surface area contributed by atoms with Crippen molar-refractivity contribution in [3.63, 3.8) is 0 Å². The first-order valence-corrected chi connectivity index (χ1v) is 8.19. The number of aryl methyl sites for hydroxylation is 1. The summed E-state index contributed by atoms with van der Waals surface area (Å²) in [6, 6.07) is 5.36. The fraction of sp³-hybridized carbons (Fsp3) is 0.692. The first-order valence-electron chi connectivity index (χ1n) is 6.22. The van der Waals surface area contributed by atoms with Gasteiger partial charge in [0.05, 0.1) is 0 Å². The van der Waals surface area contributed by atoms with Crippen molar-refractivity contribution < 1.29 is 0 Å². The first-order chi connectivity index (χ1) is 7.83. The summed E-state index contributed by atoms with van der Waals surface area (Å²) in [5.74, 6) is 3.47. The number of hydrogen-bond acceptors (Lipinski definition) is 3. The molecule has 1 aromatic rings. The maximum absolute atomic E-state index is 3.62. The molecule has 2 heterocycles. The Morgan fingerprint density at radius 2 is 2.06 bits per heavy atom. The summed E-state index contributed by atoms with van der Waals surface area (Å²) in [4.78, 5) is 3.10. The minimum Gasteiger partial charge on any atom is -0.313 e. The van der Waals surface area contributed by atoms with E-state index in [1.165, 1.54) is 29.2 Å². The van der Waals surface area contributed by atoms with E-state index in [0.717, 1.165) is 18.5 Å². The standard InChI is InChI=1S/C13H21NS2/c1-3-11-5-6-12(16-11)7-10-8-15-9-13(10)14-4-2/h5-6,10,13-14H,3-4,7-9H2,1-2H3. The molecule has 1 nitrogen and oxygen atoms in total. The van der Waals surface area contributed by atoms with Crippen molar-refractivity contribution >= 4 is 23.1 Å². The Bertz CT molecular complexity index is 321. The Morgan fingerprint density at radius 1 is 1.25 bits per heavy atom. The molecule has 2 unspecified atom stereocenters. The molecule has 1 aliphatic rings. The number of hydrogen-bond donors (Lipinski definition) is 1. The van der Waals surface area contributed by atoms with Crippen molar-refractivity contribution in [3.8, 4) is 0 Å². The lowest BCUT2D eigenvalue weighted by Crippen LogP contribution is -2.35. The highest BCUT2D eigenvalue weighted by molar-refractivity contribution is 7.99. The summed E-state index contributed by atoms with van der Waals surface area (Å²) < 4.78 is 0. The maximum Gasteiger partial charge on any atom is 0.0197 e. The van der Waals surface area contributed by atoms with Gasteiger partial charge in [-0.15, -0.1) is 11.3 Å². The van der Waals surface area contributed by atoms with Crippen molar-refractivity contribution in [3.05, 3.63) is 21.9 Å². The zero-order valence-corrected chi connectivity index (χ0v) is 11.8. The van der Waals surface area contributed by atoms with Crippen LogP contribution in [0, 0.1) is 5.92 Å². The van der Waals surface area contributed by atoms with Gasteiger partial charge in [-0.05, 0) is 43.2 Å². The number of thioether (sulfide) groups is 1. The highest BCUT2D eigenvalue weighted by Crippen LogP contribution is 2.29. The second kappa shape index (κ2) is 6.08. The summed E-state index contributed by atoms with van der Waals surface area (Å²) in [6.45, 7) is 5.55. The van der Waals surface area contributed by atoms with Crippen LogP contribution in [0.25, 0.3) is 0 Å². The van der Waals surface area contributed by atoms with E-state index in [1.54, 1.807) is 4.88 Å². The first kappa shape index (κ1) is 12.5. The van der Waals surface area contributed by atoms with Gasteiger partial charge < -0.3 is 5.32 Å². The van der Waals surface area contributed by atoms with Gasteiger partial charge in [0.2, 0.25) is 0 Å². The molecule has 3 heteroatoms. The average molecular weight is 255 g/mol. The summed E-state index contributed by atoms with van der Waals surface area (Å²) in [5, 5.41) is 3.62. The van der Waals surface area contributed by atoms with E-state index < -0.39 is 0 Å². The van der Waals surface area contributed by atoms with E-state index in [0.29, 0.717) is 0 Å². The fourth-order valence-corrected chi connectivity index (χ4v) is 4.75. The third-order valence-electron chi connectivity index (χ3n) is 3.19. The number of rotatable bonds is 5. The van der Waals surface area contributed by atoms with Crippen LogP contribution in [0.15, 0.2) is 12.1 Å². The van der Waals surface area contributed by atoms with E-state index in [4.69, 9.17) is 0 Å². The van der Waals surface area contributed by atoms with Crippen molar-refractivity contribution in [2.45, 2.75) is 32.7 Å². The second-order valence-electron chi connectivity index (χ2n) is 4.39. The molecule has 0 spiro atoms. The fourth-order valence-electron chi connectivity index (χ4n) is 2.27. The predicted molar refractivity (Wildman–Crippen MR) is 75.7 cm³/mol. The van der Waals surface area contributed by atoms with Gasteiger partial charge in [-0.3, -0.25) is 0 Å². The molecular formula is C13H21NS2. The predicted octanol–water partition coefficient (Wildman–Crippen LogP) is 3.19. The normalized spacial score (nSPS) is 25.1. The van der Waals surface area contributed by atoms with E-state index >= 15 is 0 Å². The Labute approximate surface area is 107 Å². The molecule has 1 aliphatic heterocycles. The number of nitrogens with one attached hydrogen (secondary N) is 1. The Hall–Kier alpha value is 0.01000. The topological polar surface area (TPSA) is 12.0 Å². The van der Waals surface area contributed by atoms with Crippen LogP contribution < -0.4 is 5.32 Å². The SMILES string of the molecule is CCNC1CSCC1Cc1ccc(CC)s1. The average Bonchev–Trinajstić information content (AvgIpc) is 2.90. The molecule has 1 aromatic heterocycles. The van der Waals surface area contributed by atoms with Gasteiger partial charge in [0.1, 0.15) is 0 Å². The molecule has 90 valence electrons. The van der Waals surface area contributed by atoms with Gasteiger partial charge in [0.25, 0.3) is 0 Å². The molecule has 0 radical (unpaired) electrons. The van der Waals surface area contributed by atoms with Gasteiger partial charge >= 0.3 is 0 Å². The van der Waals surface area contributed by atoms with Crippen LogP contribution in [0.3, 0.4) is 0 Å². The number of thiophene rings is 1. The van der Waals surface area contributed by atoms with Crippen LogP contribution in [-0.2, 0) is 12.8 Å². The quantitative estimate of drug-likeness (QED) is 0.867. The largest absolute Gasteiger partial charge is 0.313 e. The molecule has 0 aromatic carbocycles. The minimum atomic E-state index is 0.738. The molecule has 1 fully saturated rings. The lowest BCUT2D eigenvalue weighted by Gasteiger charge is -2.18. The molecule has 0 saturated carbocycles. The van der Waals surface area contributed by atoms with Crippen LogP contribution in [0.1, 0.15) is 23.6 Å². The highest BCUT2D eigenvalue weighted by atomic mass is 32.2. The molecule has 0 amide bonds. The molecule has 0 aliphatic carbocycles. The van der Waals surface area contributed by atoms with Gasteiger partial charge in [0, 0.05) is 21.5 Å². The van der Waals surface area contributed by atoms with Crippen molar-refractivity contribution in [2.75, 3.05) is 18.1 Å². The molecule has 2 rings (SSSR count). The van der Waals surface area contributed by atoms with Gasteiger partial charge in [-0.25, -0.2) is 0 Å². The summed E-state index contributed by atoms with van der Waals surface area (Å²) >= 11 is 4.11. The zero-order chi connectivity index (χ0) is 11.4. The van der Waals surface area contributed by atoms with E-state index in [2.05, 4.69) is 43.1 Å². The van der Waals surface area contributed by atoms with Gasteiger partial charge in [-0.2, -0.15) is 11.8 Å². The molecule has 2 atom stereocenters. The Morgan fingerprint density at radius 3 is 2.75 bits per heavy atom. The molecule has 1 saturated heterocycles. The Balaban J connectivity index is 1.92. The molecule has 0 bridgehead atoms. The minimum absolute atomic E-state index is 0.738. The molecule has 16 heavy (non-hydrogen) atoms. The zero-order valence-electron chi connectivity index (χ0n) is 10.2. The lowest BCUT2D eigenvalue weighted by molar-refractivity contribution is 0.436. The van der Waals surface area contributed by atoms with Gasteiger partial charge in [-0.1, -0.05) is 13.8 Å². The smallest absolute Gasteiger partial charge is 0.0197 e. The van der Waals surface area contributed by atoms with Crippen LogP contribution in [0.2, 0.25) is 0 Å². The van der Waals surface area contributed by atoms with E-state index in [9.17, 15) is 0 Å². The van der Waals surface area contributed by atoms with Crippen LogP contribution >= 0.6 is 23.1 Å². The molecule has 1 N–H and O–H groups in total. The van der Waals surface area contributed by atoms with Crippen LogP contribution in [0.4, 0.5) is 0 Å². The summed E-state index contributed by atoms with van der Waals surface area (Å²) in [6.07, 6.45) is 2.45. The second-order valence-corrected chi connectivity index (χ2v) is 6.72. The molecular weight excluding hydrogens is 234 g/mol. The van der Waals surface area contributed by atoms with Crippen molar-refractivity contribution in [1.29, 1.82) is 0 Å². The van der Waals surface area contributed by atoms with Crippen molar-refractivity contribution in [2.24, 2.45) is 5.92 Å².